The third-order valence-electron chi connectivity index (χ3n) is 5.16. The molecule has 0 radical (unpaired) electrons. The lowest BCUT2D eigenvalue weighted by atomic mass is 9.99. The van der Waals surface area contributed by atoms with Crippen LogP contribution in [0.4, 0.5) is 0 Å². The van der Waals surface area contributed by atoms with E-state index in [0.29, 0.717) is 0 Å². The van der Waals surface area contributed by atoms with Crippen LogP contribution >= 0.6 is 0 Å². The highest BCUT2D eigenvalue weighted by Crippen LogP contribution is 2.15. The lowest BCUT2D eigenvalue weighted by Crippen LogP contribution is -2.37. The van der Waals surface area contributed by atoms with Gasteiger partial charge >= 0.3 is 0 Å². The van der Waals surface area contributed by atoms with Crippen LogP contribution in [0.2, 0.25) is 0 Å². The number of carbonyl (C=O) groups excluding carboxylic acids is 2. The van der Waals surface area contributed by atoms with Crippen LogP contribution in [-0.2, 0) is 11.3 Å². The number of likely N-dealkylation sites (tertiary alicyclic amines) is 1. The fraction of sp³-hybridized carbons (Fsp3) is 0.391. The lowest BCUT2D eigenvalue weighted by molar-refractivity contribution is -0.121. The number of nitrogens with zero attached hydrogens (tertiary/aromatic N) is 1. The molecule has 4 nitrogen and oxygen atoms in total. The monoisotopic (exact) mass is 364 g/mol. The molecule has 1 atom stereocenters. The summed E-state index contributed by atoms with van der Waals surface area (Å²) in [5.41, 5.74) is 4.07. The van der Waals surface area contributed by atoms with Crippen molar-refractivity contribution >= 4 is 11.7 Å². The number of aryl methyl sites for hydroxylation is 2. The molecule has 0 spiro atoms. The van der Waals surface area contributed by atoms with E-state index in [1.165, 1.54) is 5.56 Å². The highest BCUT2D eigenvalue weighted by Gasteiger charge is 2.24. The van der Waals surface area contributed by atoms with Gasteiger partial charge in [-0.15, -0.1) is 0 Å². The summed E-state index contributed by atoms with van der Waals surface area (Å²) in [6.45, 7) is 6.68. The van der Waals surface area contributed by atoms with E-state index in [4.69, 9.17) is 0 Å². The van der Waals surface area contributed by atoms with Crippen LogP contribution in [0.15, 0.2) is 48.5 Å². The van der Waals surface area contributed by atoms with Crippen LogP contribution in [0, 0.1) is 13.8 Å². The lowest BCUT2D eigenvalue weighted by Gasteiger charge is -2.17. The molecule has 1 N–H and O–H groups in total. The third-order valence-corrected chi connectivity index (χ3v) is 5.16. The standard InChI is InChI=1S/C23H28N2O2/c1-17-8-9-18(2)21(14-17)22(26)10-11-23(27)24-20-12-13-25(16-20)15-19-6-4-3-5-7-19/h3-9,14,20H,10-13,15-16H2,1-2H3,(H,24,27). The van der Waals surface area contributed by atoms with E-state index in [0.717, 1.165) is 42.7 Å². The van der Waals surface area contributed by atoms with Gasteiger partial charge in [0, 0.05) is 44.1 Å². The van der Waals surface area contributed by atoms with Crippen molar-refractivity contribution in [2.75, 3.05) is 13.1 Å². The van der Waals surface area contributed by atoms with Gasteiger partial charge in [0.15, 0.2) is 5.78 Å². The predicted molar refractivity (Wildman–Crippen MR) is 108 cm³/mol. The molecule has 27 heavy (non-hydrogen) atoms. The Morgan fingerprint density at radius 3 is 2.63 bits per heavy atom. The maximum absolute atomic E-state index is 12.4. The molecule has 4 heteroatoms. The zero-order chi connectivity index (χ0) is 19.2. The van der Waals surface area contributed by atoms with Gasteiger partial charge in [-0.3, -0.25) is 14.5 Å². The second-order valence-corrected chi connectivity index (χ2v) is 7.52. The molecular weight excluding hydrogens is 336 g/mol. The number of rotatable bonds is 7. The smallest absolute Gasteiger partial charge is 0.220 e. The number of ketones is 1. The van der Waals surface area contributed by atoms with E-state index < -0.39 is 0 Å². The van der Waals surface area contributed by atoms with Crippen LogP contribution in [0.25, 0.3) is 0 Å². The highest BCUT2D eigenvalue weighted by molar-refractivity contribution is 5.99. The van der Waals surface area contributed by atoms with Gasteiger partial charge in [-0.2, -0.15) is 0 Å². The molecule has 1 amide bonds. The molecule has 1 heterocycles. The predicted octanol–water partition coefficient (Wildman–Crippen LogP) is 3.66. The van der Waals surface area contributed by atoms with E-state index in [-0.39, 0.29) is 30.6 Å². The van der Waals surface area contributed by atoms with Gasteiger partial charge in [0.05, 0.1) is 0 Å². The minimum absolute atomic E-state index is 0.0276. The first kappa shape index (κ1) is 19.3. The molecule has 1 fully saturated rings. The van der Waals surface area contributed by atoms with Crippen LogP contribution in [0.1, 0.15) is 46.3 Å². The normalized spacial score (nSPS) is 17.0. The number of Topliss-reactive ketones (excluding diaryl/α,β-unsaturated/α-hetero) is 1. The number of hydrogen-bond acceptors (Lipinski definition) is 3. The minimum atomic E-state index is -0.0276. The van der Waals surface area contributed by atoms with Gasteiger partial charge in [-0.1, -0.05) is 48.0 Å². The molecule has 3 rings (SSSR count). The van der Waals surface area contributed by atoms with Gasteiger partial charge < -0.3 is 5.32 Å². The Bertz CT molecular complexity index is 801. The fourth-order valence-corrected chi connectivity index (χ4v) is 3.63. The molecule has 0 aliphatic carbocycles. The summed E-state index contributed by atoms with van der Waals surface area (Å²) in [6, 6.07) is 16.4. The summed E-state index contributed by atoms with van der Waals surface area (Å²) in [6.07, 6.45) is 1.47. The molecule has 2 aromatic rings. The highest BCUT2D eigenvalue weighted by atomic mass is 16.2. The van der Waals surface area contributed by atoms with Crippen molar-refractivity contribution in [3.63, 3.8) is 0 Å². The van der Waals surface area contributed by atoms with Crippen molar-refractivity contribution in [3.05, 3.63) is 70.8 Å². The van der Waals surface area contributed by atoms with E-state index >= 15 is 0 Å². The number of amides is 1. The summed E-state index contributed by atoms with van der Waals surface area (Å²) in [5.74, 6) is 0.0173. The quantitative estimate of drug-likeness (QED) is 0.763. The summed E-state index contributed by atoms with van der Waals surface area (Å²) < 4.78 is 0. The Labute approximate surface area is 161 Å². The van der Waals surface area contributed by atoms with E-state index in [1.807, 2.05) is 38.1 Å². The van der Waals surface area contributed by atoms with Gasteiger partial charge in [0.2, 0.25) is 5.91 Å². The molecule has 1 saturated heterocycles. The Morgan fingerprint density at radius 1 is 1.07 bits per heavy atom. The summed E-state index contributed by atoms with van der Waals surface area (Å²) in [5, 5.41) is 3.09. The first-order chi connectivity index (χ1) is 13.0. The fourth-order valence-electron chi connectivity index (χ4n) is 3.63. The zero-order valence-electron chi connectivity index (χ0n) is 16.2. The Balaban J connectivity index is 1.43. The molecule has 0 saturated carbocycles. The molecule has 1 aliphatic rings. The second kappa shape index (κ2) is 8.96. The van der Waals surface area contributed by atoms with Crippen molar-refractivity contribution < 1.29 is 9.59 Å². The molecule has 0 aromatic heterocycles. The van der Waals surface area contributed by atoms with E-state index in [2.05, 4.69) is 34.5 Å². The van der Waals surface area contributed by atoms with Gasteiger partial charge in [-0.25, -0.2) is 0 Å². The average Bonchev–Trinajstić information content (AvgIpc) is 3.09. The zero-order valence-corrected chi connectivity index (χ0v) is 16.2. The van der Waals surface area contributed by atoms with Crippen LogP contribution in [0.3, 0.4) is 0 Å². The number of hydrogen-bond donors (Lipinski definition) is 1. The summed E-state index contributed by atoms with van der Waals surface area (Å²) in [4.78, 5) is 27.1. The Hall–Kier alpha value is -2.46. The van der Waals surface area contributed by atoms with Crippen molar-refractivity contribution in [1.82, 2.24) is 10.2 Å². The van der Waals surface area contributed by atoms with Crippen molar-refractivity contribution in [3.8, 4) is 0 Å². The maximum Gasteiger partial charge on any atom is 0.220 e. The Kier molecular flexibility index (Phi) is 6.40. The topological polar surface area (TPSA) is 49.4 Å². The third kappa shape index (κ3) is 5.51. The second-order valence-electron chi connectivity index (χ2n) is 7.52. The van der Waals surface area contributed by atoms with Crippen LogP contribution in [0.5, 0.6) is 0 Å². The molecule has 142 valence electrons. The largest absolute Gasteiger partial charge is 0.352 e. The maximum atomic E-state index is 12.4. The SMILES string of the molecule is Cc1ccc(C)c(C(=O)CCC(=O)NC2CCN(Cc3ccccc3)C2)c1. The molecule has 0 bridgehead atoms. The first-order valence-electron chi connectivity index (χ1n) is 9.67. The number of carbonyl (C=O) groups is 2. The van der Waals surface area contributed by atoms with Crippen molar-refractivity contribution in [2.45, 2.75) is 45.7 Å². The number of benzene rings is 2. The van der Waals surface area contributed by atoms with Crippen LogP contribution < -0.4 is 5.32 Å². The summed E-state index contributed by atoms with van der Waals surface area (Å²) >= 11 is 0. The minimum Gasteiger partial charge on any atom is -0.352 e. The Morgan fingerprint density at radius 2 is 1.85 bits per heavy atom. The van der Waals surface area contributed by atoms with Crippen LogP contribution in [-0.4, -0.2) is 35.7 Å². The van der Waals surface area contributed by atoms with Crippen molar-refractivity contribution in [1.29, 1.82) is 0 Å². The molecule has 1 aliphatic heterocycles. The van der Waals surface area contributed by atoms with Gasteiger partial charge in [0.25, 0.3) is 0 Å². The molecule has 2 aromatic carbocycles. The molecular formula is C23H28N2O2. The van der Waals surface area contributed by atoms with E-state index in [1.54, 1.807) is 0 Å². The first-order valence-corrected chi connectivity index (χ1v) is 9.67. The van der Waals surface area contributed by atoms with Gasteiger partial charge in [0.1, 0.15) is 0 Å². The van der Waals surface area contributed by atoms with E-state index in [9.17, 15) is 9.59 Å². The number of nitrogens with one attached hydrogen (secondary N) is 1. The molecule has 1 unspecified atom stereocenters. The van der Waals surface area contributed by atoms with Gasteiger partial charge in [-0.05, 0) is 37.5 Å². The average molecular weight is 364 g/mol. The van der Waals surface area contributed by atoms with Crippen molar-refractivity contribution in [2.24, 2.45) is 0 Å². The summed E-state index contributed by atoms with van der Waals surface area (Å²) in [7, 11) is 0.